The first-order chi connectivity index (χ1) is 9.34. The highest BCUT2D eigenvalue weighted by Crippen LogP contribution is 2.24. The van der Waals surface area contributed by atoms with E-state index in [0.717, 1.165) is 29.6 Å². The molecule has 0 spiro atoms. The van der Waals surface area contributed by atoms with Crippen LogP contribution in [0.2, 0.25) is 0 Å². The molecule has 4 heteroatoms. The quantitative estimate of drug-likeness (QED) is 0.776. The van der Waals surface area contributed by atoms with E-state index >= 15 is 0 Å². The summed E-state index contributed by atoms with van der Waals surface area (Å²) in [5, 5.41) is 8.26. The molecule has 4 nitrogen and oxygen atoms in total. The fourth-order valence-corrected chi connectivity index (χ4v) is 2.23. The molecule has 96 valence electrons. The maximum Gasteiger partial charge on any atom is 0.0671 e. The molecule has 1 aromatic carbocycles. The van der Waals surface area contributed by atoms with E-state index < -0.39 is 0 Å². The molecule has 3 aromatic rings. The standard InChI is InChI=1S/C15H16N4/c1-19(10-8-12-5-2-3-9-16-12)15-7-4-6-14-13(15)11-17-18-14/h2-7,9,11H,8,10H2,1H3,(H,17,18). The Morgan fingerprint density at radius 2 is 2.11 bits per heavy atom. The van der Waals surface area contributed by atoms with Gasteiger partial charge in [-0.25, -0.2) is 0 Å². The van der Waals surface area contributed by atoms with Crippen LogP contribution in [0.3, 0.4) is 0 Å². The Morgan fingerprint density at radius 3 is 2.95 bits per heavy atom. The molecule has 0 aliphatic rings. The van der Waals surface area contributed by atoms with Crippen LogP contribution in [0.5, 0.6) is 0 Å². The van der Waals surface area contributed by atoms with Gasteiger partial charge in [-0.2, -0.15) is 5.10 Å². The van der Waals surface area contributed by atoms with E-state index in [0.29, 0.717) is 0 Å². The summed E-state index contributed by atoms with van der Waals surface area (Å²) in [5.74, 6) is 0. The van der Waals surface area contributed by atoms with Gasteiger partial charge in [-0.15, -0.1) is 0 Å². The highest BCUT2D eigenvalue weighted by molar-refractivity contribution is 5.91. The van der Waals surface area contributed by atoms with Gasteiger partial charge in [-0.1, -0.05) is 12.1 Å². The lowest BCUT2D eigenvalue weighted by molar-refractivity contribution is 0.855. The second-order valence-corrected chi connectivity index (χ2v) is 4.60. The molecule has 0 fully saturated rings. The minimum absolute atomic E-state index is 0.932. The zero-order chi connectivity index (χ0) is 13.1. The van der Waals surface area contributed by atoms with E-state index in [2.05, 4.69) is 39.3 Å². The Balaban J connectivity index is 1.77. The van der Waals surface area contributed by atoms with Crippen molar-refractivity contribution >= 4 is 16.6 Å². The van der Waals surface area contributed by atoms with Crippen molar-refractivity contribution in [3.05, 3.63) is 54.5 Å². The first kappa shape index (κ1) is 11.7. The Bertz CT molecular complexity index is 660. The van der Waals surface area contributed by atoms with Crippen LogP contribution in [0.4, 0.5) is 5.69 Å². The van der Waals surface area contributed by atoms with Crippen LogP contribution < -0.4 is 4.90 Å². The molecule has 0 bridgehead atoms. The molecule has 19 heavy (non-hydrogen) atoms. The van der Waals surface area contributed by atoms with E-state index in [1.807, 2.05) is 36.7 Å². The summed E-state index contributed by atoms with van der Waals surface area (Å²) < 4.78 is 0. The van der Waals surface area contributed by atoms with E-state index in [4.69, 9.17) is 0 Å². The molecule has 0 saturated carbocycles. The number of fused-ring (bicyclic) bond motifs is 1. The molecule has 0 amide bonds. The Kier molecular flexibility index (Phi) is 3.14. The summed E-state index contributed by atoms with van der Waals surface area (Å²) in [4.78, 5) is 6.59. The molecule has 3 rings (SSSR count). The summed E-state index contributed by atoms with van der Waals surface area (Å²) >= 11 is 0. The van der Waals surface area contributed by atoms with Crippen molar-refractivity contribution in [1.82, 2.24) is 15.2 Å². The van der Waals surface area contributed by atoms with Crippen molar-refractivity contribution in [2.45, 2.75) is 6.42 Å². The van der Waals surface area contributed by atoms with E-state index in [1.54, 1.807) is 0 Å². The molecule has 2 aromatic heterocycles. The number of pyridine rings is 1. The zero-order valence-electron chi connectivity index (χ0n) is 10.9. The van der Waals surface area contributed by atoms with Gasteiger partial charge in [-0.05, 0) is 24.3 Å². The summed E-state index contributed by atoms with van der Waals surface area (Å²) in [5.41, 5.74) is 3.39. The van der Waals surface area contributed by atoms with Gasteiger partial charge in [0.05, 0.1) is 11.7 Å². The van der Waals surface area contributed by atoms with Crippen molar-refractivity contribution < 1.29 is 0 Å². The minimum atomic E-state index is 0.932. The molecule has 1 N–H and O–H groups in total. The van der Waals surface area contributed by atoms with Crippen LogP contribution in [0.15, 0.2) is 48.8 Å². The molecule has 0 saturated heterocycles. The second-order valence-electron chi connectivity index (χ2n) is 4.60. The molecule has 2 heterocycles. The number of nitrogens with one attached hydrogen (secondary N) is 1. The maximum absolute atomic E-state index is 4.35. The monoisotopic (exact) mass is 252 g/mol. The highest BCUT2D eigenvalue weighted by Gasteiger charge is 2.07. The first-order valence-electron chi connectivity index (χ1n) is 6.38. The number of hydrogen-bond donors (Lipinski definition) is 1. The lowest BCUT2D eigenvalue weighted by Crippen LogP contribution is -2.20. The first-order valence-corrected chi connectivity index (χ1v) is 6.38. The number of H-pyrrole nitrogens is 1. The number of nitrogens with zero attached hydrogens (tertiary/aromatic N) is 3. The van der Waals surface area contributed by atoms with Crippen LogP contribution in [0, 0.1) is 0 Å². The third kappa shape index (κ3) is 2.42. The minimum Gasteiger partial charge on any atom is -0.374 e. The zero-order valence-corrected chi connectivity index (χ0v) is 10.9. The van der Waals surface area contributed by atoms with Gasteiger partial charge in [-0.3, -0.25) is 10.1 Å². The van der Waals surface area contributed by atoms with Crippen molar-refractivity contribution in [3.8, 4) is 0 Å². The Labute approximate surface area is 112 Å². The fraction of sp³-hybridized carbons (Fsp3) is 0.200. The van der Waals surface area contributed by atoms with Crippen LogP contribution in [-0.4, -0.2) is 28.8 Å². The van der Waals surface area contributed by atoms with E-state index in [1.165, 1.54) is 5.69 Å². The van der Waals surface area contributed by atoms with Gasteiger partial charge >= 0.3 is 0 Å². The third-order valence-corrected chi connectivity index (χ3v) is 3.30. The average molecular weight is 252 g/mol. The summed E-state index contributed by atoms with van der Waals surface area (Å²) in [6.45, 7) is 0.932. The van der Waals surface area contributed by atoms with Gasteiger partial charge in [0.2, 0.25) is 0 Å². The second kappa shape index (κ2) is 5.10. The van der Waals surface area contributed by atoms with Crippen LogP contribution in [0.1, 0.15) is 5.69 Å². The number of aromatic nitrogens is 3. The van der Waals surface area contributed by atoms with Crippen molar-refractivity contribution in [3.63, 3.8) is 0 Å². The van der Waals surface area contributed by atoms with Gasteiger partial charge in [0.25, 0.3) is 0 Å². The number of hydrogen-bond acceptors (Lipinski definition) is 3. The number of rotatable bonds is 4. The summed E-state index contributed by atoms with van der Waals surface area (Å²) in [7, 11) is 2.10. The summed E-state index contributed by atoms with van der Waals surface area (Å²) in [6.07, 6.45) is 4.65. The van der Waals surface area contributed by atoms with E-state index in [9.17, 15) is 0 Å². The normalized spacial score (nSPS) is 10.8. The van der Waals surface area contributed by atoms with Crippen LogP contribution >= 0.6 is 0 Å². The predicted molar refractivity (Wildman–Crippen MR) is 77.3 cm³/mol. The molecule has 0 radical (unpaired) electrons. The number of anilines is 1. The van der Waals surface area contributed by atoms with Crippen LogP contribution in [0.25, 0.3) is 10.9 Å². The molecular weight excluding hydrogens is 236 g/mol. The largest absolute Gasteiger partial charge is 0.374 e. The fourth-order valence-electron chi connectivity index (χ4n) is 2.23. The SMILES string of the molecule is CN(CCc1ccccn1)c1cccc2[nH]ncc12. The van der Waals surface area contributed by atoms with Gasteiger partial charge in [0, 0.05) is 43.0 Å². The average Bonchev–Trinajstić information content (AvgIpc) is 2.94. The molecule has 0 atom stereocenters. The number of likely N-dealkylation sites (N-methyl/N-ethyl adjacent to an activating group) is 1. The van der Waals surface area contributed by atoms with Gasteiger partial charge in [0.1, 0.15) is 0 Å². The number of aromatic amines is 1. The molecular formula is C15H16N4. The van der Waals surface area contributed by atoms with Gasteiger partial charge < -0.3 is 4.90 Å². The topological polar surface area (TPSA) is 44.8 Å². The molecule has 0 aliphatic carbocycles. The third-order valence-electron chi connectivity index (χ3n) is 3.30. The lowest BCUT2D eigenvalue weighted by Gasteiger charge is -2.19. The summed E-state index contributed by atoms with van der Waals surface area (Å²) in [6, 6.07) is 12.2. The van der Waals surface area contributed by atoms with Gasteiger partial charge in [0.15, 0.2) is 0 Å². The predicted octanol–water partition coefficient (Wildman–Crippen LogP) is 2.64. The van der Waals surface area contributed by atoms with Crippen molar-refractivity contribution in [2.75, 3.05) is 18.5 Å². The highest BCUT2D eigenvalue weighted by atomic mass is 15.1. The van der Waals surface area contributed by atoms with Crippen LogP contribution in [-0.2, 0) is 6.42 Å². The Morgan fingerprint density at radius 1 is 1.16 bits per heavy atom. The Hall–Kier alpha value is -2.36. The van der Waals surface area contributed by atoms with Crippen molar-refractivity contribution in [2.24, 2.45) is 0 Å². The maximum atomic E-state index is 4.35. The molecule has 0 unspecified atom stereocenters. The lowest BCUT2D eigenvalue weighted by atomic mass is 10.2. The smallest absolute Gasteiger partial charge is 0.0671 e. The van der Waals surface area contributed by atoms with Crippen molar-refractivity contribution in [1.29, 1.82) is 0 Å². The van der Waals surface area contributed by atoms with E-state index in [-0.39, 0.29) is 0 Å². The number of benzene rings is 1. The molecule has 0 aliphatic heterocycles.